The van der Waals surface area contributed by atoms with Gasteiger partial charge >= 0.3 is 0 Å². The van der Waals surface area contributed by atoms with E-state index in [2.05, 4.69) is 10.6 Å². The Morgan fingerprint density at radius 3 is 2.67 bits per heavy atom. The van der Waals surface area contributed by atoms with Crippen molar-refractivity contribution in [3.05, 3.63) is 22.4 Å². The summed E-state index contributed by atoms with van der Waals surface area (Å²) < 4.78 is 5.33. The van der Waals surface area contributed by atoms with E-state index in [1.165, 1.54) is 11.3 Å². The molecule has 0 bridgehead atoms. The van der Waals surface area contributed by atoms with Crippen molar-refractivity contribution in [2.24, 2.45) is 5.92 Å². The molecule has 24 heavy (non-hydrogen) atoms. The summed E-state index contributed by atoms with van der Waals surface area (Å²) >= 11 is 1.42. The van der Waals surface area contributed by atoms with Crippen molar-refractivity contribution >= 4 is 28.9 Å². The van der Waals surface area contributed by atoms with Crippen LogP contribution in [0.4, 0.5) is 0 Å². The highest BCUT2D eigenvalue weighted by Gasteiger charge is 2.47. The summed E-state index contributed by atoms with van der Waals surface area (Å²) in [5.41, 5.74) is -0.527. The van der Waals surface area contributed by atoms with Crippen LogP contribution in [0.15, 0.2) is 16.8 Å². The molecule has 1 fully saturated rings. The predicted molar refractivity (Wildman–Crippen MR) is 92.0 cm³/mol. The van der Waals surface area contributed by atoms with Crippen LogP contribution in [0.1, 0.15) is 44.5 Å². The molecule has 1 aliphatic rings. The second-order valence-electron chi connectivity index (χ2n) is 6.74. The lowest BCUT2D eigenvalue weighted by molar-refractivity contribution is -0.130. The molecule has 1 aromatic rings. The molecule has 7 heteroatoms. The lowest BCUT2D eigenvalue weighted by Crippen LogP contribution is -2.60. The van der Waals surface area contributed by atoms with Gasteiger partial charge in [0.15, 0.2) is 5.78 Å². The second-order valence-corrected chi connectivity index (χ2v) is 7.52. The van der Waals surface area contributed by atoms with Crippen molar-refractivity contribution in [1.29, 1.82) is 0 Å². The van der Waals surface area contributed by atoms with Gasteiger partial charge in [-0.1, -0.05) is 13.8 Å². The quantitative estimate of drug-likeness (QED) is 0.817. The third-order valence-electron chi connectivity index (χ3n) is 4.35. The Morgan fingerprint density at radius 2 is 2.17 bits per heavy atom. The van der Waals surface area contributed by atoms with Crippen LogP contribution in [0, 0.1) is 5.92 Å². The lowest BCUT2D eigenvalue weighted by atomic mass is 9.92. The maximum absolute atomic E-state index is 12.7. The monoisotopic (exact) mass is 352 g/mol. The molecule has 2 rings (SSSR count). The first-order chi connectivity index (χ1) is 11.2. The fourth-order valence-electron chi connectivity index (χ4n) is 2.60. The normalized spacial score (nSPS) is 24.9. The molecule has 0 spiro atoms. The minimum absolute atomic E-state index is 0.00590. The number of Topliss-reactive ketones (excluding diaryl/α,β-unsaturated/α-hetero) is 1. The van der Waals surface area contributed by atoms with Crippen LogP contribution in [0.2, 0.25) is 0 Å². The standard InChI is InChI=1S/C17H24N2O4S/c1-10(2)7-13(18-15(21)12-5-6-24-9-12)16(22)19-17(4)11(3)23-8-14(17)20/h5-6,9-11,13H,7-8H2,1-4H3,(H,18,21)(H,19,22)/t11-,13+,17-/m1/s1. The van der Waals surface area contributed by atoms with Gasteiger partial charge < -0.3 is 15.4 Å². The molecule has 2 heterocycles. The first kappa shape index (κ1) is 18.6. The predicted octanol–water partition coefficient (Wildman–Crippen LogP) is 1.76. The van der Waals surface area contributed by atoms with Crippen molar-refractivity contribution in [3.63, 3.8) is 0 Å². The van der Waals surface area contributed by atoms with Gasteiger partial charge in [-0.2, -0.15) is 11.3 Å². The molecular weight excluding hydrogens is 328 g/mol. The Kier molecular flexibility index (Phi) is 5.77. The second kappa shape index (κ2) is 7.44. The third-order valence-corrected chi connectivity index (χ3v) is 5.04. The molecule has 2 amide bonds. The number of ketones is 1. The molecule has 0 radical (unpaired) electrons. The van der Waals surface area contributed by atoms with Gasteiger partial charge in [-0.05, 0) is 37.6 Å². The number of carbonyl (C=O) groups is 3. The highest BCUT2D eigenvalue weighted by Crippen LogP contribution is 2.22. The van der Waals surface area contributed by atoms with Gasteiger partial charge in [-0.3, -0.25) is 14.4 Å². The first-order valence-electron chi connectivity index (χ1n) is 8.04. The fraction of sp³-hybridized carbons (Fsp3) is 0.588. The van der Waals surface area contributed by atoms with E-state index in [0.29, 0.717) is 12.0 Å². The summed E-state index contributed by atoms with van der Waals surface area (Å²) in [7, 11) is 0. The van der Waals surface area contributed by atoms with Gasteiger partial charge in [-0.25, -0.2) is 0 Å². The molecule has 1 aliphatic heterocycles. The zero-order valence-corrected chi connectivity index (χ0v) is 15.2. The SMILES string of the molecule is CC(C)C[C@H](NC(=O)c1ccsc1)C(=O)N[C@@]1(C)C(=O)CO[C@@H]1C. The minimum atomic E-state index is -1.06. The number of carbonyl (C=O) groups excluding carboxylic acids is 3. The molecule has 132 valence electrons. The van der Waals surface area contributed by atoms with Gasteiger partial charge in [0.25, 0.3) is 5.91 Å². The number of nitrogens with one attached hydrogen (secondary N) is 2. The van der Waals surface area contributed by atoms with E-state index in [9.17, 15) is 14.4 Å². The van der Waals surface area contributed by atoms with Gasteiger partial charge in [0.1, 0.15) is 18.2 Å². The Bertz CT molecular complexity index is 614. The molecule has 6 nitrogen and oxygen atoms in total. The highest BCUT2D eigenvalue weighted by atomic mass is 32.1. The van der Waals surface area contributed by atoms with Gasteiger partial charge in [0.2, 0.25) is 5.91 Å². The van der Waals surface area contributed by atoms with E-state index < -0.39 is 17.7 Å². The summed E-state index contributed by atoms with van der Waals surface area (Å²) in [4.78, 5) is 37.0. The third kappa shape index (κ3) is 4.02. The van der Waals surface area contributed by atoms with Gasteiger partial charge in [0, 0.05) is 5.38 Å². The largest absolute Gasteiger partial charge is 0.368 e. The topological polar surface area (TPSA) is 84.5 Å². The van der Waals surface area contributed by atoms with Crippen LogP contribution in [0.5, 0.6) is 0 Å². The number of hydrogen-bond acceptors (Lipinski definition) is 5. The average Bonchev–Trinajstić information content (AvgIpc) is 3.11. The Balaban J connectivity index is 2.10. The smallest absolute Gasteiger partial charge is 0.252 e. The molecule has 1 aromatic heterocycles. The van der Waals surface area contributed by atoms with Crippen LogP contribution in [-0.2, 0) is 14.3 Å². The number of ether oxygens (including phenoxy) is 1. The van der Waals surface area contributed by atoms with Crippen LogP contribution in [-0.4, -0.2) is 41.9 Å². The van der Waals surface area contributed by atoms with Crippen LogP contribution in [0.3, 0.4) is 0 Å². The molecule has 0 unspecified atom stereocenters. The average molecular weight is 352 g/mol. The van der Waals surface area contributed by atoms with Crippen molar-refractivity contribution < 1.29 is 19.1 Å². The van der Waals surface area contributed by atoms with Gasteiger partial charge in [0.05, 0.1) is 11.7 Å². The highest BCUT2D eigenvalue weighted by molar-refractivity contribution is 7.08. The number of hydrogen-bond donors (Lipinski definition) is 2. The van der Waals surface area contributed by atoms with Crippen LogP contribution in [0.25, 0.3) is 0 Å². The van der Waals surface area contributed by atoms with E-state index in [0.717, 1.165) is 0 Å². The molecule has 2 N–H and O–H groups in total. The molecule has 0 aromatic carbocycles. The number of amides is 2. The van der Waals surface area contributed by atoms with E-state index in [-0.39, 0.29) is 30.1 Å². The summed E-state index contributed by atoms with van der Waals surface area (Å²) in [6, 6.07) is 1.01. The fourth-order valence-corrected chi connectivity index (χ4v) is 3.23. The molecule has 1 saturated heterocycles. The van der Waals surface area contributed by atoms with Crippen LogP contribution < -0.4 is 10.6 Å². The maximum Gasteiger partial charge on any atom is 0.252 e. The van der Waals surface area contributed by atoms with Crippen molar-refractivity contribution in [2.75, 3.05) is 6.61 Å². The molecule has 3 atom stereocenters. The zero-order valence-electron chi connectivity index (χ0n) is 14.4. The van der Waals surface area contributed by atoms with Crippen molar-refractivity contribution in [3.8, 4) is 0 Å². The van der Waals surface area contributed by atoms with Gasteiger partial charge in [-0.15, -0.1) is 0 Å². The van der Waals surface area contributed by atoms with Crippen molar-refractivity contribution in [1.82, 2.24) is 10.6 Å². The Morgan fingerprint density at radius 1 is 1.46 bits per heavy atom. The Hall–Kier alpha value is -1.73. The summed E-state index contributed by atoms with van der Waals surface area (Å²) in [6.45, 7) is 7.37. The summed E-state index contributed by atoms with van der Waals surface area (Å²) in [5, 5.41) is 9.10. The first-order valence-corrected chi connectivity index (χ1v) is 8.98. The number of rotatable bonds is 6. The van der Waals surface area contributed by atoms with E-state index in [4.69, 9.17) is 4.74 Å². The molecule has 0 aliphatic carbocycles. The zero-order chi connectivity index (χ0) is 17.9. The lowest BCUT2D eigenvalue weighted by Gasteiger charge is -2.30. The number of thiophene rings is 1. The van der Waals surface area contributed by atoms with E-state index in [1.807, 2.05) is 19.2 Å². The molecule has 0 saturated carbocycles. The molecular formula is C17H24N2O4S. The van der Waals surface area contributed by atoms with E-state index >= 15 is 0 Å². The summed E-state index contributed by atoms with van der Waals surface area (Å²) in [5.74, 6) is -0.593. The van der Waals surface area contributed by atoms with Crippen LogP contribution >= 0.6 is 11.3 Å². The minimum Gasteiger partial charge on any atom is -0.368 e. The van der Waals surface area contributed by atoms with E-state index in [1.54, 1.807) is 25.3 Å². The Labute approximate surface area is 146 Å². The summed E-state index contributed by atoms with van der Waals surface area (Å²) in [6.07, 6.45) is 0.0857. The maximum atomic E-state index is 12.7. The van der Waals surface area contributed by atoms with Crippen molar-refractivity contribution in [2.45, 2.75) is 51.8 Å².